The molecule has 0 aromatic carbocycles. The lowest BCUT2D eigenvalue weighted by Crippen LogP contribution is -2.16. The van der Waals surface area contributed by atoms with Crippen molar-refractivity contribution in [1.29, 1.82) is 0 Å². The zero-order chi connectivity index (χ0) is 8.93. The second-order valence-electron chi connectivity index (χ2n) is 3.89. The molecule has 70 valence electrons. The zero-order valence-electron chi connectivity index (χ0n) is 8.08. The average Bonchev–Trinajstić information content (AvgIpc) is 2.47. The van der Waals surface area contributed by atoms with Crippen LogP contribution in [0.1, 0.15) is 32.1 Å². The Hall–Kier alpha value is -0.850. The minimum atomic E-state index is 0.755. The van der Waals surface area contributed by atoms with Gasteiger partial charge in [-0.25, -0.2) is 0 Å². The Morgan fingerprint density at radius 3 is 2.77 bits per heavy atom. The van der Waals surface area contributed by atoms with Gasteiger partial charge in [-0.15, -0.1) is 0 Å². The van der Waals surface area contributed by atoms with Crippen molar-refractivity contribution in [3.8, 4) is 0 Å². The summed E-state index contributed by atoms with van der Waals surface area (Å²) in [4.78, 5) is 4.59. The molecule has 0 bridgehead atoms. The summed E-state index contributed by atoms with van der Waals surface area (Å²) in [6.45, 7) is 0.874. The molecule has 0 aromatic heterocycles. The Morgan fingerprint density at radius 2 is 1.92 bits per heavy atom. The van der Waals surface area contributed by atoms with Gasteiger partial charge in [0.05, 0.1) is 6.54 Å². The van der Waals surface area contributed by atoms with E-state index in [1.54, 1.807) is 0 Å². The molecule has 13 heavy (non-hydrogen) atoms. The van der Waals surface area contributed by atoms with Crippen molar-refractivity contribution in [3.05, 3.63) is 24.3 Å². The fourth-order valence-corrected chi connectivity index (χ4v) is 2.17. The van der Waals surface area contributed by atoms with Crippen LogP contribution in [0.4, 0.5) is 0 Å². The van der Waals surface area contributed by atoms with Gasteiger partial charge in [0.15, 0.2) is 0 Å². The first-order valence-corrected chi connectivity index (χ1v) is 5.34. The lowest BCUT2D eigenvalue weighted by atomic mass is 9.85. The van der Waals surface area contributed by atoms with Gasteiger partial charge in [0.25, 0.3) is 0 Å². The van der Waals surface area contributed by atoms with E-state index in [0.717, 1.165) is 12.5 Å². The topological polar surface area (TPSA) is 12.4 Å². The first-order valence-electron chi connectivity index (χ1n) is 5.34. The Bertz CT molecular complexity index is 242. The fraction of sp³-hybridized carbons (Fsp3) is 0.583. The van der Waals surface area contributed by atoms with Crippen molar-refractivity contribution in [2.45, 2.75) is 32.1 Å². The monoisotopic (exact) mass is 175 g/mol. The minimum absolute atomic E-state index is 0.755. The molecule has 0 atom stereocenters. The van der Waals surface area contributed by atoms with E-state index in [4.69, 9.17) is 0 Å². The van der Waals surface area contributed by atoms with E-state index in [0.29, 0.717) is 0 Å². The molecule has 1 fully saturated rings. The van der Waals surface area contributed by atoms with E-state index >= 15 is 0 Å². The summed E-state index contributed by atoms with van der Waals surface area (Å²) < 4.78 is 0. The van der Waals surface area contributed by atoms with Crippen molar-refractivity contribution in [2.75, 3.05) is 6.54 Å². The van der Waals surface area contributed by atoms with Crippen LogP contribution in [0.2, 0.25) is 0 Å². The highest BCUT2D eigenvalue weighted by molar-refractivity contribution is 5.97. The number of hydrogen-bond donors (Lipinski definition) is 0. The van der Waals surface area contributed by atoms with E-state index in [-0.39, 0.29) is 0 Å². The third-order valence-corrected chi connectivity index (χ3v) is 2.92. The molecular formula is C12H17N. The van der Waals surface area contributed by atoms with Crippen molar-refractivity contribution in [2.24, 2.45) is 10.9 Å². The summed E-state index contributed by atoms with van der Waals surface area (Å²) in [5, 5.41) is 0. The SMILES string of the molecule is C1=CCN=C(C2CCCCC2)C=C1. The summed E-state index contributed by atoms with van der Waals surface area (Å²) in [6, 6.07) is 0. The molecular weight excluding hydrogens is 158 g/mol. The highest BCUT2D eigenvalue weighted by Gasteiger charge is 2.17. The van der Waals surface area contributed by atoms with Crippen LogP contribution < -0.4 is 0 Å². The van der Waals surface area contributed by atoms with E-state index in [1.165, 1.54) is 37.8 Å². The second kappa shape index (κ2) is 4.40. The highest BCUT2D eigenvalue weighted by atomic mass is 14.7. The molecule has 0 unspecified atom stereocenters. The van der Waals surface area contributed by atoms with Gasteiger partial charge >= 0.3 is 0 Å². The summed E-state index contributed by atoms with van der Waals surface area (Å²) >= 11 is 0. The van der Waals surface area contributed by atoms with E-state index in [1.807, 2.05) is 0 Å². The molecule has 1 saturated carbocycles. The standard InChI is InChI=1S/C12H17N/c1-3-7-11(8-4-1)12-9-5-2-6-10-13-12/h2,5-6,9,11H,1,3-4,7-8,10H2. The maximum atomic E-state index is 4.59. The maximum absolute atomic E-state index is 4.59. The molecule has 1 aliphatic heterocycles. The third kappa shape index (κ3) is 2.30. The predicted octanol–water partition coefficient (Wildman–Crippen LogP) is 3.13. The molecule has 1 heterocycles. The van der Waals surface area contributed by atoms with Crippen LogP contribution in [-0.2, 0) is 0 Å². The molecule has 0 N–H and O–H groups in total. The smallest absolute Gasteiger partial charge is 0.0576 e. The quantitative estimate of drug-likeness (QED) is 0.580. The molecule has 0 saturated heterocycles. The van der Waals surface area contributed by atoms with Gasteiger partial charge in [-0.3, -0.25) is 4.99 Å². The van der Waals surface area contributed by atoms with Crippen LogP contribution >= 0.6 is 0 Å². The molecule has 0 amide bonds. The Balaban J connectivity index is 2.02. The van der Waals surface area contributed by atoms with E-state index in [9.17, 15) is 0 Å². The highest BCUT2D eigenvalue weighted by Crippen LogP contribution is 2.25. The molecule has 1 nitrogen and oxygen atoms in total. The van der Waals surface area contributed by atoms with Crippen molar-refractivity contribution < 1.29 is 0 Å². The first kappa shape index (κ1) is 8.74. The lowest BCUT2D eigenvalue weighted by Gasteiger charge is -2.21. The Labute approximate surface area is 80.3 Å². The zero-order valence-corrected chi connectivity index (χ0v) is 8.08. The molecule has 1 aliphatic carbocycles. The largest absolute Gasteiger partial charge is 0.285 e. The molecule has 1 heteroatoms. The first-order chi connectivity index (χ1) is 6.47. The van der Waals surface area contributed by atoms with Gasteiger partial charge in [0.1, 0.15) is 0 Å². The normalized spacial score (nSPS) is 24.2. The Morgan fingerprint density at radius 1 is 1.08 bits per heavy atom. The number of hydrogen-bond acceptors (Lipinski definition) is 1. The van der Waals surface area contributed by atoms with Gasteiger partial charge < -0.3 is 0 Å². The summed E-state index contributed by atoms with van der Waals surface area (Å²) in [5.41, 5.74) is 1.34. The minimum Gasteiger partial charge on any atom is -0.285 e. The van der Waals surface area contributed by atoms with Gasteiger partial charge in [-0.1, -0.05) is 37.5 Å². The Kier molecular flexibility index (Phi) is 2.96. The molecule has 0 aromatic rings. The van der Waals surface area contributed by atoms with Gasteiger partial charge in [0, 0.05) is 11.6 Å². The van der Waals surface area contributed by atoms with Crippen LogP contribution in [0.15, 0.2) is 29.3 Å². The molecule has 0 radical (unpaired) electrons. The van der Waals surface area contributed by atoms with Crippen molar-refractivity contribution >= 4 is 5.71 Å². The van der Waals surface area contributed by atoms with Gasteiger partial charge in [-0.2, -0.15) is 0 Å². The van der Waals surface area contributed by atoms with Crippen LogP contribution in [0.25, 0.3) is 0 Å². The fourth-order valence-electron chi connectivity index (χ4n) is 2.17. The van der Waals surface area contributed by atoms with E-state index < -0.39 is 0 Å². The van der Waals surface area contributed by atoms with Crippen molar-refractivity contribution in [3.63, 3.8) is 0 Å². The van der Waals surface area contributed by atoms with Gasteiger partial charge in [-0.05, 0) is 18.9 Å². The van der Waals surface area contributed by atoms with Crippen LogP contribution in [0.5, 0.6) is 0 Å². The van der Waals surface area contributed by atoms with E-state index in [2.05, 4.69) is 29.3 Å². The second-order valence-corrected chi connectivity index (χ2v) is 3.89. The summed E-state index contributed by atoms with van der Waals surface area (Å²) in [7, 11) is 0. The third-order valence-electron chi connectivity index (χ3n) is 2.92. The predicted molar refractivity (Wildman–Crippen MR) is 57.2 cm³/mol. The van der Waals surface area contributed by atoms with Crippen LogP contribution in [0, 0.1) is 5.92 Å². The number of aliphatic imine (C=N–C) groups is 1. The van der Waals surface area contributed by atoms with Crippen molar-refractivity contribution in [1.82, 2.24) is 0 Å². The van der Waals surface area contributed by atoms with Crippen LogP contribution in [-0.4, -0.2) is 12.3 Å². The molecule has 0 spiro atoms. The van der Waals surface area contributed by atoms with Crippen LogP contribution in [0.3, 0.4) is 0 Å². The lowest BCUT2D eigenvalue weighted by molar-refractivity contribution is 0.440. The number of allylic oxidation sites excluding steroid dienone is 3. The number of rotatable bonds is 1. The maximum Gasteiger partial charge on any atom is 0.0576 e. The molecule has 2 rings (SSSR count). The number of nitrogens with zero attached hydrogens (tertiary/aromatic N) is 1. The summed E-state index contributed by atoms with van der Waals surface area (Å²) in [5.74, 6) is 0.755. The molecule has 2 aliphatic rings. The summed E-state index contributed by atoms with van der Waals surface area (Å²) in [6.07, 6.45) is 15.4. The van der Waals surface area contributed by atoms with Gasteiger partial charge in [0.2, 0.25) is 0 Å². The average molecular weight is 175 g/mol.